The Morgan fingerprint density at radius 1 is 1.26 bits per heavy atom. The number of likely N-dealkylation sites (N-methyl/N-ethyl adjacent to an activating group) is 1. The fraction of sp³-hybridized carbons (Fsp3) is 0.652. The van der Waals surface area contributed by atoms with Crippen LogP contribution in [0, 0.1) is 5.41 Å². The third kappa shape index (κ3) is 7.94. The predicted octanol–water partition coefficient (Wildman–Crippen LogP) is 3.56. The van der Waals surface area contributed by atoms with Crippen LogP contribution in [0.3, 0.4) is 0 Å². The average molecular weight is 434 g/mol. The molecular formula is C23H39N5O3. The van der Waals surface area contributed by atoms with Crippen LogP contribution in [0.15, 0.2) is 17.8 Å². The summed E-state index contributed by atoms with van der Waals surface area (Å²) in [6, 6.07) is 3.77. The van der Waals surface area contributed by atoms with E-state index >= 15 is 0 Å². The number of aromatic nitrogens is 1. The van der Waals surface area contributed by atoms with Crippen molar-refractivity contribution < 1.29 is 14.3 Å². The predicted molar refractivity (Wildman–Crippen MR) is 123 cm³/mol. The highest BCUT2D eigenvalue weighted by Gasteiger charge is 2.19. The normalized spacial score (nSPS) is 15.8. The summed E-state index contributed by atoms with van der Waals surface area (Å²) in [6.07, 6.45) is 6.36. The number of nitrogens with zero attached hydrogens (tertiary/aromatic N) is 2. The van der Waals surface area contributed by atoms with Gasteiger partial charge in [0.2, 0.25) is 0 Å². The van der Waals surface area contributed by atoms with Crippen LogP contribution in [0.5, 0.6) is 5.75 Å². The SMILES string of the molecule is CCc1nc(/C(N)=C(\CNC(=O)OCC(C)(C)C)N(C)N)ccc1OC1CCCCC1. The molecule has 0 unspecified atom stereocenters. The van der Waals surface area contributed by atoms with Crippen LogP contribution in [0.4, 0.5) is 4.79 Å². The van der Waals surface area contributed by atoms with Gasteiger partial charge in [-0.1, -0.05) is 34.1 Å². The van der Waals surface area contributed by atoms with Gasteiger partial charge < -0.3 is 25.5 Å². The highest BCUT2D eigenvalue weighted by Crippen LogP contribution is 2.27. The van der Waals surface area contributed by atoms with Gasteiger partial charge in [0.05, 0.1) is 42.0 Å². The Hall–Kier alpha value is -2.48. The van der Waals surface area contributed by atoms with Crippen molar-refractivity contribution in [1.29, 1.82) is 0 Å². The molecule has 0 bridgehead atoms. The molecule has 1 aliphatic carbocycles. The van der Waals surface area contributed by atoms with Gasteiger partial charge in [0, 0.05) is 7.05 Å². The van der Waals surface area contributed by atoms with Crippen LogP contribution < -0.4 is 21.6 Å². The monoisotopic (exact) mass is 433 g/mol. The van der Waals surface area contributed by atoms with Crippen molar-refractivity contribution in [2.24, 2.45) is 17.0 Å². The van der Waals surface area contributed by atoms with Gasteiger partial charge >= 0.3 is 6.09 Å². The molecular weight excluding hydrogens is 394 g/mol. The fourth-order valence-electron chi connectivity index (χ4n) is 3.41. The molecule has 0 atom stereocenters. The van der Waals surface area contributed by atoms with E-state index in [1.807, 2.05) is 39.8 Å². The van der Waals surface area contributed by atoms with Crippen LogP contribution >= 0.6 is 0 Å². The largest absolute Gasteiger partial charge is 0.489 e. The second-order valence-electron chi connectivity index (χ2n) is 9.33. The minimum Gasteiger partial charge on any atom is -0.489 e. The molecule has 0 aromatic carbocycles. The third-order valence-electron chi connectivity index (χ3n) is 5.16. The first-order chi connectivity index (χ1) is 14.6. The maximum atomic E-state index is 12.0. The van der Waals surface area contributed by atoms with Crippen molar-refractivity contribution in [3.8, 4) is 5.75 Å². The Labute approximate surface area is 186 Å². The average Bonchev–Trinajstić information content (AvgIpc) is 2.72. The molecule has 1 fully saturated rings. The molecule has 1 amide bonds. The number of amides is 1. The van der Waals surface area contributed by atoms with Gasteiger partial charge in [-0.2, -0.15) is 0 Å². The highest BCUT2D eigenvalue weighted by atomic mass is 16.5. The van der Waals surface area contributed by atoms with Crippen LogP contribution in [0.1, 0.15) is 71.2 Å². The van der Waals surface area contributed by atoms with Crippen molar-refractivity contribution >= 4 is 11.8 Å². The number of ether oxygens (including phenoxy) is 2. The molecule has 1 aliphatic rings. The van der Waals surface area contributed by atoms with Gasteiger partial charge in [-0.3, -0.25) is 0 Å². The Kier molecular flexibility index (Phi) is 8.98. The first-order valence-electron chi connectivity index (χ1n) is 11.2. The summed E-state index contributed by atoms with van der Waals surface area (Å²) in [5.41, 5.74) is 8.69. The lowest BCUT2D eigenvalue weighted by Crippen LogP contribution is -2.37. The van der Waals surface area contributed by atoms with Crippen LogP contribution in [-0.2, 0) is 11.2 Å². The van der Waals surface area contributed by atoms with Crippen LogP contribution in [0.25, 0.3) is 5.70 Å². The molecule has 1 aromatic heterocycles. The molecule has 0 aliphatic heterocycles. The minimum atomic E-state index is -0.513. The first kappa shape index (κ1) is 24.8. The van der Waals surface area contributed by atoms with Gasteiger partial charge in [-0.15, -0.1) is 0 Å². The molecule has 8 nitrogen and oxygen atoms in total. The maximum Gasteiger partial charge on any atom is 0.407 e. The molecule has 8 heteroatoms. The molecule has 1 saturated carbocycles. The number of carbonyl (C=O) groups is 1. The lowest BCUT2D eigenvalue weighted by atomic mass is 9.98. The summed E-state index contributed by atoms with van der Waals surface area (Å²) in [7, 11) is 1.67. The van der Waals surface area contributed by atoms with E-state index in [2.05, 4.69) is 5.32 Å². The van der Waals surface area contributed by atoms with E-state index in [1.165, 1.54) is 24.3 Å². The Morgan fingerprint density at radius 2 is 1.94 bits per heavy atom. The van der Waals surface area contributed by atoms with Crippen LogP contribution in [-0.4, -0.2) is 42.4 Å². The summed E-state index contributed by atoms with van der Waals surface area (Å²) in [5.74, 6) is 6.80. The maximum absolute atomic E-state index is 12.0. The second kappa shape index (κ2) is 11.2. The molecule has 174 valence electrons. The molecule has 0 spiro atoms. The van der Waals surface area contributed by atoms with Gasteiger partial charge in [-0.25, -0.2) is 15.6 Å². The number of alkyl carbamates (subject to hydrolysis) is 1. The van der Waals surface area contributed by atoms with Crippen molar-refractivity contribution in [2.75, 3.05) is 20.2 Å². The number of hydrogen-bond donors (Lipinski definition) is 3. The lowest BCUT2D eigenvalue weighted by molar-refractivity contribution is 0.106. The zero-order valence-corrected chi connectivity index (χ0v) is 19.7. The lowest BCUT2D eigenvalue weighted by Gasteiger charge is -2.24. The topological polar surface area (TPSA) is 116 Å². The van der Waals surface area contributed by atoms with Crippen molar-refractivity contribution in [3.63, 3.8) is 0 Å². The van der Waals surface area contributed by atoms with Gasteiger partial charge in [0.25, 0.3) is 0 Å². The first-order valence-corrected chi connectivity index (χ1v) is 11.2. The number of nitrogens with one attached hydrogen (secondary N) is 1. The molecule has 5 N–H and O–H groups in total. The van der Waals surface area contributed by atoms with E-state index in [4.69, 9.17) is 26.0 Å². The van der Waals surface area contributed by atoms with E-state index in [1.54, 1.807) is 7.05 Å². The summed E-state index contributed by atoms with van der Waals surface area (Å²) in [6.45, 7) is 8.48. The van der Waals surface area contributed by atoms with Gasteiger partial charge in [0.1, 0.15) is 5.75 Å². The van der Waals surface area contributed by atoms with E-state index < -0.39 is 6.09 Å². The summed E-state index contributed by atoms with van der Waals surface area (Å²) in [4.78, 5) is 16.7. The number of hydrazine groups is 1. The quantitative estimate of drug-likeness (QED) is 0.424. The zero-order valence-electron chi connectivity index (χ0n) is 19.7. The Balaban J connectivity index is 2.13. The highest BCUT2D eigenvalue weighted by molar-refractivity contribution is 5.69. The van der Waals surface area contributed by atoms with Crippen molar-refractivity contribution in [3.05, 3.63) is 29.2 Å². The number of nitrogens with two attached hydrogens (primary N) is 2. The van der Waals surface area contributed by atoms with Crippen molar-refractivity contribution in [2.45, 2.75) is 72.3 Å². The van der Waals surface area contributed by atoms with Gasteiger partial charge in [-0.05, 0) is 49.7 Å². The zero-order chi connectivity index (χ0) is 23.0. The van der Waals surface area contributed by atoms with E-state index in [0.717, 1.165) is 30.7 Å². The van der Waals surface area contributed by atoms with E-state index in [0.29, 0.717) is 23.7 Å². The fourth-order valence-corrected chi connectivity index (χ4v) is 3.41. The smallest absolute Gasteiger partial charge is 0.407 e. The number of aryl methyl sites for hydroxylation is 1. The summed E-state index contributed by atoms with van der Waals surface area (Å²) in [5, 5.41) is 4.10. The number of pyridine rings is 1. The second-order valence-corrected chi connectivity index (χ2v) is 9.33. The Bertz CT molecular complexity index is 765. The van der Waals surface area contributed by atoms with Crippen LogP contribution in [0.2, 0.25) is 0 Å². The molecule has 1 aromatic rings. The van der Waals surface area contributed by atoms with E-state index in [-0.39, 0.29) is 18.1 Å². The van der Waals surface area contributed by atoms with E-state index in [9.17, 15) is 4.79 Å². The number of hydrogen-bond acceptors (Lipinski definition) is 7. The third-order valence-corrected chi connectivity index (χ3v) is 5.16. The minimum absolute atomic E-state index is 0.110. The molecule has 1 heterocycles. The summed E-state index contributed by atoms with van der Waals surface area (Å²) < 4.78 is 11.5. The number of rotatable bonds is 8. The molecule has 0 saturated heterocycles. The Morgan fingerprint density at radius 3 is 2.52 bits per heavy atom. The summed E-state index contributed by atoms with van der Waals surface area (Å²) >= 11 is 0. The molecule has 0 radical (unpaired) electrons. The molecule has 2 rings (SSSR count). The molecule has 31 heavy (non-hydrogen) atoms. The van der Waals surface area contributed by atoms with Gasteiger partial charge in [0.15, 0.2) is 0 Å². The van der Waals surface area contributed by atoms with Crippen molar-refractivity contribution in [1.82, 2.24) is 15.3 Å². The number of carbonyl (C=O) groups excluding carboxylic acids is 1. The standard InChI is InChI=1S/C23H39N5O3/c1-6-17-20(31-16-10-8-7-9-11-16)13-12-18(27-17)21(24)19(28(5)25)14-26-22(29)30-15-23(2,3)4/h12-13,16H,6-11,14-15,24-25H2,1-5H3,(H,26,29)/b21-19-.